The average Bonchev–Trinajstić information content (AvgIpc) is 3.29. The summed E-state index contributed by atoms with van der Waals surface area (Å²) >= 11 is 1.29. The van der Waals surface area contributed by atoms with Crippen molar-refractivity contribution in [2.24, 2.45) is 4.99 Å². The quantitative estimate of drug-likeness (QED) is 0.406. The molecule has 0 spiro atoms. The SMILES string of the molecule is O=C1C(=Cc2ccc([N+](=O)[O-])o2)SC(=Nc2ccccc2)N1C1CCCCC1. The van der Waals surface area contributed by atoms with Crippen molar-refractivity contribution in [1.29, 1.82) is 0 Å². The van der Waals surface area contributed by atoms with Gasteiger partial charge in [-0.15, -0.1) is 0 Å². The molecule has 2 aliphatic rings. The van der Waals surface area contributed by atoms with Crippen molar-refractivity contribution in [3.05, 3.63) is 63.2 Å². The van der Waals surface area contributed by atoms with Gasteiger partial charge < -0.3 is 4.42 Å². The van der Waals surface area contributed by atoms with Crippen LogP contribution in [0, 0.1) is 10.1 Å². The van der Waals surface area contributed by atoms with Gasteiger partial charge in [-0.05, 0) is 42.8 Å². The van der Waals surface area contributed by atoms with Gasteiger partial charge in [-0.25, -0.2) is 4.99 Å². The number of carbonyl (C=O) groups excluding carboxylic acids is 1. The number of nitrogens with zero attached hydrogens (tertiary/aromatic N) is 3. The van der Waals surface area contributed by atoms with Crippen LogP contribution in [0.4, 0.5) is 11.6 Å². The molecule has 144 valence electrons. The first kappa shape index (κ1) is 18.5. The average molecular weight is 397 g/mol. The molecule has 2 heterocycles. The Kier molecular flexibility index (Phi) is 5.29. The molecule has 7 nitrogen and oxygen atoms in total. The number of benzene rings is 1. The number of nitro groups is 1. The number of amides is 1. The number of amidine groups is 1. The molecular weight excluding hydrogens is 378 g/mol. The van der Waals surface area contributed by atoms with E-state index in [1.807, 2.05) is 30.3 Å². The maximum atomic E-state index is 13.1. The molecule has 1 aromatic carbocycles. The highest BCUT2D eigenvalue weighted by Gasteiger charge is 2.38. The van der Waals surface area contributed by atoms with Gasteiger partial charge >= 0.3 is 5.88 Å². The predicted octanol–water partition coefficient (Wildman–Crippen LogP) is 5.12. The standard InChI is InChI=1S/C20H19N3O4S/c24-19-17(13-16-11-12-18(27-16)23(25)26)28-20(21-14-7-3-1-4-8-14)22(19)15-9-5-2-6-10-15/h1,3-4,7-8,11-13,15H,2,5-6,9-10H2. The Balaban J connectivity index is 1.67. The minimum atomic E-state index is -0.595. The van der Waals surface area contributed by atoms with Gasteiger partial charge in [0.05, 0.1) is 16.7 Å². The summed E-state index contributed by atoms with van der Waals surface area (Å²) in [7, 11) is 0. The third-order valence-electron chi connectivity index (χ3n) is 4.82. The molecule has 1 saturated carbocycles. The summed E-state index contributed by atoms with van der Waals surface area (Å²) in [5.74, 6) is -0.178. The Morgan fingerprint density at radius 2 is 1.89 bits per heavy atom. The summed E-state index contributed by atoms with van der Waals surface area (Å²) in [6.07, 6.45) is 6.86. The molecule has 1 amide bonds. The fraction of sp³-hybridized carbons (Fsp3) is 0.300. The third kappa shape index (κ3) is 3.87. The van der Waals surface area contributed by atoms with Gasteiger partial charge in [0.2, 0.25) is 0 Å². The summed E-state index contributed by atoms with van der Waals surface area (Å²) in [5, 5.41) is 11.5. The van der Waals surface area contributed by atoms with E-state index in [2.05, 4.69) is 0 Å². The molecule has 0 unspecified atom stereocenters. The lowest BCUT2D eigenvalue weighted by molar-refractivity contribution is -0.402. The number of para-hydroxylation sites is 1. The summed E-state index contributed by atoms with van der Waals surface area (Å²) in [5.41, 5.74) is 0.786. The number of carbonyl (C=O) groups is 1. The second kappa shape index (κ2) is 8.02. The second-order valence-corrected chi connectivity index (χ2v) is 7.75. The molecule has 8 heteroatoms. The smallest absolute Gasteiger partial charge is 0.401 e. The highest BCUT2D eigenvalue weighted by molar-refractivity contribution is 8.18. The predicted molar refractivity (Wildman–Crippen MR) is 108 cm³/mol. The van der Waals surface area contributed by atoms with Crippen molar-refractivity contribution in [1.82, 2.24) is 4.90 Å². The van der Waals surface area contributed by atoms with Gasteiger partial charge in [-0.1, -0.05) is 37.5 Å². The Bertz CT molecular complexity index is 945. The molecular formula is C20H19N3O4S. The fourth-order valence-corrected chi connectivity index (χ4v) is 4.52. The van der Waals surface area contributed by atoms with Crippen LogP contribution in [-0.2, 0) is 4.79 Å². The molecule has 1 aromatic heterocycles. The van der Waals surface area contributed by atoms with E-state index < -0.39 is 4.92 Å². The molecule has 1 saturated heterocycles. The van der Waals surface area contributed by atoms with Crippen LogP contribution in [-0.4, -0.2) is 26.9 Å². The van der Waals surface area contributed by atoms with Crippen molar-refractivity contribution in [2.75, 3.05) is 0 Å². The number of hydrogen-bond donors (Lipinski definition) is 0. The number of thioether (sulfide) groups is 1. The third-order valence-corrected chi connectivity index (χ3v) is 5.81. The van der Waals surface area contributed by atoms with Gasteiger partial charge in [0.25, 0.3) is 5.91 Å². The highest BCUT2D eigenvalue weighted by atomic mass is 32.2. The van der Waals surface area contributed by atoms with Crippen LogP contribution in [0.15, 0.2) is 56.8 Å². The number of rotatable bonds is 4. The van der Waals surface area contributed by atoms with Gasteiger partial charge in [0.1, 0.15) is 10.7 Å². The van der Waals surface area contributed by atoms with Crippen LogP contribution in [0.5, 0.6) is 0 Å². The van der Waals surface area contributed by atoms with Crippen molar-refractivity contribution >= 4 is 40.5 Å². The summed E-state index contributed by atoms with van der Waals surface area (Å²) < 4.78 is 5.19. The zero-order valence-corrected chi connectivity index (χ0v) is 15.9. The lowest BCUT2D eigenvalue weighted by atomic mass is 9.94. The van der Waals surface area contributed by atoms with Crippen molar-refractivity contribution in [3.63, 3.8) is 0 Å². The Hall–Kier alpha value is -2.87. The van der Waals surface area contributed by atoms with Crippen LogP contribution < -0.4 is 0 Å². The first-order valence-electron chi connectivity index (χ1n) is 9.23. The zero-order chi connectivity index (χ0) is 19.5. The molecule has 28 heavy (non-hydrogen) atoms. The molecule has 1 aliphatic heterocycles. The molecule has 0 bridgehead atoms. The topological polar surface area (TPSA) is 88.9 Å². The van der Waals surface area contributed by atoms with E-state index >= 15 is 0 Å². The molecule has 2 fully saturated rings. The molecule has 0 radical (unpaired) electrons. The first-order chi connectivity index (χ1) is 13.6. The highest BCUT2D eigenvalue weighted by Crippen LogP contribution is 2.38. The monoisotopic (exact) mass is 397 g/mol. The number of furan rings is 1. The van der Waals surface area contributed by atoms with Crippen LogP contribution in [0.2, 0.25) is 0 Å². The van der Waals surface area contributed by atoms with Gasteiger partial charge in [0, 0.05) is 12.1 Å². The van der Waals surface area contributed by atoms with Crippen molar-refractivity contribution in [2.45, 2.75) is 38.1 Å². The summed E-state index contributed by atoms with van der Waals surface area (Å²) in [6.45, 7) is 0. The van der Waals surface area contributed by atoms with E-state index in [0.717, 1.165) is 31.4 Å². The Morgan fingerprint density at radius 3 is 2.57 bits per heavy atom. The molecule has 1 aliphatic carbocycles. The van der Waals surface area contributed by atoms with E-state index in [4.69, 9.17) is 9.41 Å². The second-order valence-electron chi connectivity index (χ2n) is 6.74. The van der Waals surface area contributed by atoms with E-state index in [9.17, 15) is 14.9 Å². The zero-order valence-electron chi connectivity index (χ0n) is 15.1. The largest absolute Gasteiger partial charge is 0.433 e. The summed E-state index contributed by atoms with van der Waals surface area (Å²) in [6, 6.07) is 12.4. The van der Waals surface area contributed by atoms with Crippen LogP contribution in [0.3, 0.4) is 0 Å². The van der Waals surface area contributed by atoms with E-state index in [1.54, 1.807) is 11.0 Å². The molecule has 4 rings (SSSR count). The van der Waals surface area contributed by atoms with Crippen LogP contribution >= 0.6 is 11.8 Å². The van der Waals surface area contributed by atoms with Crippen LogP contribution in [0.1, 0.15) is 37.9 Å². The van der Waals surface area contributed by atoms with E-state index in [0.29, 0.717) is 10.1 Å². The van der Waals surface area contributed by atoms with E-state index in [-0.39, 0.29) is 23.6 Å². The maximum Gasteiger partial charge on any atom is 0.433 e. The number of aliphatic imine (C=N–C) groups is 1. The maximum absolute atomic E-state index is 13.1. The number of hydrogen-bond acceptors (Lipinski definition) is 6. The lowest BCUT2D eigenvalue weighted by Gasteiger charge is -2.30. The van der Waals surface area contributed by atoms with Crippen molar-refractivity contribution < 1.29 is 14.1 Å². The molecule has 0 atom stereocenters. The first-order valence-corrected chi connectivity index (χ1v) is 10.0. The summed E-state index contributed by atoms with van der Waals surface area (Å²) in [4.78, 5) is 30.3. The van der Waals surface area contributed by atoms with Gasteiger partial charge in [-0.2, -0.15) is 0 Å². The van der Waals surface area contributed by atoms with Gasteiger partial charge in [0.15, 0.2) is 5.17 Å². The minimum absolute atomic E-state index is 0.120. The lowest BCUT2D eigenvalue weighted by Crippen LogP contribution is -2.40. The Labute approximate surface area is 166 Å². The molecule has 0 N–H and O–H groups in total. The molecule has 2 aromatic rings. The van der Waals surface area contributed by atoms with Gasteiger partial charge in [-0.3, -0.25) is 19.8 Å². The normalized spacial score (nSPS) is 21.0. The fourth-order valence-electron chi connectivity index (χ4n) is 3.49. The minimum Gasteiger partial charge on any atom is -0.401 e. The Morgan fingerprint density at radius 1 is 1.14 bits per heavy atom. The van der Waals surface area contributed by atoms with Crippen LogP contribution in [0.25, 0.3) is 6.08 Å². The van der Waals surface area contributed by atoms with E-state index in [1.165, 1.54) is 30.3 Å². The van der Waals surface area contributed by atoms with Crippen molar-refractivity contribution in [3.8, 4) is 0 Å².